The number of ether oxygens (including phenoxy) is 1. The molecule has 0 atom stereocenters. The summed E-state index contributed by atoms with van der Waals surface area (Å²) < 4.78 is 4.64. The fraction of sp³-hybridized carbons (Fsp3) is 0.111. The number of pyridine rings is 1. The van der Waals surface area contributed by atoms with E-state index in [1.807, 2.05) is 0 Å². The number of anilines is 1. The highest BCUT2D eigenvalue weighted by molar-refractivity contribution is 6.31. The first-order chi connectivity index (χ1) is 6.65. The molecule has 2 N–H and O–H groups in total. The number of esters is 1. The molecule has 4 nitrogen and oxygen atoms in total. The van der Waals surface area contributed by atoms with Gasteiger partial charge in [-0.3, -0.25) is 0 Å². The van der Waals surface area contributed by atoms with E-state index in [4.69, 9.17) is 23.8 Å². The monoisotopic (exact) mass is 210 g/mol. The van der Waals surface area contributed by atoms with E-state index in [-0.39, 0.29) is 17.5 Å². The van der Waals surface area contributed by atoms with E-state index < -0.39 is 5.97 Å². The number of terminal acetylenes is 1. The van der Waals surface area contributed by atoms with Gasteiger partial charge in [0, 0.05) is 0 Å². The van der Waals surface area contributed by atoms with Crippen molar-refractivity contribution in [2.75, 3.05) is 12.3 Å². The Labute approximate surface area is 86.0 Å². The minimum atomic E-state index is -0.621. The van der Waals surface area contributed by atoms with Crippen LogP contribution >= 0.6 is 11.6 Å². The van der Waals surface area contributed by atoms with Gasteiger partial charge in [-0.15, -0.1) is 6.42 Å². The molecule has 1 aromatic heterocycles. The number of nitrogens with two attached hydrogens (primary N) is 1. The Bertz CT molecular complexity index is 398. The lowest BCUT2D eigenvalue weighted by Gasteiger charge is -2.01. The molecule has 5 heteroatoms. The van der Waals surface area contributed by atoms with Crippen molar-refractivity contribution in [1.82, 2.24) is 4.98 Å². The second kappa shape index (κ2) is 4.49. The second-order valence-electron chi connectivity index (χ2n) is 2.36. The molecule has 0 aliphatic rings. The number of halogens is 1. The van der Waals surface area contributed by atoms with Crippen LogP contribution in [-0.4, -0.2) is 17.6 Å². The summed E-state index contributed by atoms with van der Waals surface area (Å²) in [6, 6.07) is 2.89. The average Bonchev–Trinajstić information content (AvgIpc) is 2.18. The van der Waals surface area contributed by atoms with E-state index >= 15 is 0 Å². The normalized spacial score (nSPS) is 9.14. The van der Waals surface area contributed by atoms with Gasteiger partial charge in [-0.1, -0.05) is 17.5 Å². The summed E-state index contributed by atoms with van der Waals surface area (Å²) in [5.41, 5.74) is 5.80. The van der Waals surface area contributed by atoms with Crippen LogP contribution in [0.1, 0.15) is 10.5 Å². The summed E-state index contributed by atoms with van der Waals surface area (Å²) in [6.45, 7) is -0.0947. The van der Waals surface area contributed by atoms with Gasteiger partial charge >= 0.3 is 5.97 Å². The van der Waals surface area contributed by atoms with Crippen LogP contribution in [0.3, 0.4) is 0 Å². The van der Waals surface area contributed by atoms with Crippen LogP contribution in [0.2, 0.25) is 5.15 Å². The van der Waals surface area contributed by atoms with Crippen molar-refractivity contribution in [2.45, 2.75) is 0 Å². The Hall–Kier alpha value is -1.73. The SMILES string of the molecule is C#CCOC(=O)c1ccc(N)c(Cl)n1. The first-order valence-corrected chi connectivity index (χ1v) is 4.05. The number of nitrogens with zero attached hydrogens (tertiary/aromatic N) is 1. The molecule has 1 aromatic rings. The van der Waals surface area contributed by atoms with Crippen molar-refractivity contribution in [3.8, 4) is 12.3 Å². The molecule has 14 heavy (non-hydrogen) atoms. The van der Waals surface area contributed by atoms with Crippen molar-refractivity contribution >= 4 is 23.3 Å². The zero-order chi connectivity index (χ0) is 10.6. The summed E-state index contributed by atoms with van der Waals surface area (Å²) in [7, 11) is 0. The van der Waals surface area contributed by atoms with E-state index in [1.165, 1.54) is 12.1 Å². The molecule has 0 bridgehead atoms. The highest BCUT2D eigenvalue weighted by Gasteiger charge is 2.09. The quantitative estimate of drug-likeness (QED) is 0.451. The smallest absolute Gasteiger partial charge is 0.357 e. The van der Waals surface area contributed by atoms with E-state index in [2.05, 4.69) is 15.6 Å². The summed E-state index contributed by atoms with van der Waals surface area (Å²) in [5, 5.41) is 0.0696. The molecule has 72 valence electrons. The number of aromatic nitrogens is 1. The molecule has 0 fully saturated rings. The molecule has 0 unspecified atom stereocenters. The molecular weight excluding hydrogens is 204 g/mol. The topological polar surface area (TPSA) is 65.2 Å². The Morgan fingerprint density at radius 2 is 2.43 bits per heavy atom. The Balaban J connectivity index is 2.82. The van der Waals surface area contributed by atoms with Crippen LogP contribution < -0.4 is 5.73 Å². The van der Waals surface area contributed by atoms with Crippen LogP contribution in [0.5, 0.6) is 0 Å². The van der Waals surface area contributed by atoms with Gasteiger partial charge in [-0.25, -0.2) is 9.78 Å². The van der Waals surface area contributed by atoms with Gasteiger partial charge in [-0.05, 0) is 12.1 Å². The molecule has 0 aromatic carbocycles. The summed E-state index contributed by atoms with van der Waals surface area (Å²) in [5.74, 6) is 1.55. The molecule has 0 saturated heterocycles. The highest BCUT2D eigenvalue weighted by atomic mass is 35.5. The number of carbonyl (C=O) groups is 1. The van der Waals surface area contributed by atoms with Crippen molar-refractivity contribution in [3.63, 3.8) is 0 Å². The van der Waals surface area contributed by atoms with Crippen LogP contribution in [-0.2, 0) is 4.74 Å². The lowest BCUT2D eigenvalue weighted by molar-refractivity contribution is 0.0550. The molecule has 1 heterocycles. The number of hydrogen-bond acceptors (Lipinski definition) is 4. The van der Waals surface area contributed by atoms with E-state index in [1.54, 1.807) is 0 Å². The molecule has 0 amide bonds. The second-order valence-corrected chi connectivity index (χ2v) is 2.71. The fourth-order valence-corrected chi connectivity index (χ4v) is 0.894. The molecule has 0 spiro atoms. The van der Waals surface area contributed by atoms with Gasteiger partial charge in [0.25, 0.3) is 0 Å². The van der Waals surface area contributed by atoms with Crippen molar-refractivity contribution < 1.29 is 9.53 Å². The molecule has 0 saturated carbocycles. The van der Waals surface area contributed by atoms with Gasteiger partial charge in [0.1, 0.15) is 5.69 Å². The minimum absolute atomic E-state index is 0.0696. The third-order valence-corrected chi connectivity index (χ3v) is 1.68. The van der Waals surface area contributed by atoms with Crippen LogP contribution in [0.4, 0.5) is 5.69 Å². The van der Waals surface area contributed by atoms with Gasteiger partial charge < -0.3 is 10.5 Å². The van der Waals surface area contributed by atoms with Crippen molar-refractivity contribution in [2.24, 2.45) is 0 Å². The molecular formula is C9H7ClN2O2. The standard InChI is InChI=1S/C9H7ClN2O2/c1-2-5-14-9(13)7-4-3-6(11)8(10)12-7/h1,3-4H,5,11H2. The highest BCUT2D eigenvalue weighted by Crippen LogP contribution is 2.15. The largest absolute Gasteiger partial charge is 0.448 e. The van der Waals surface area contributed by atoms with Crippen molar-refractivity contribution in [3.05, 3.63) is 23.0 Å². The molecule has 1 rings (SSSR count). The number of nitrogen functional groups attached to an aromatic ring is 1. The molecule has 0 radical (unpaired) electrons. The zero-order valence-corrected chi connectivity index (χ0v) is 7.91. The van der Waals surface area contributed by atoms with Gasteiger partial charge in [0.2, 0.25) is 0 Å². The van der Waals surface area contributed by atoms with E-state index in [0.29, 0.717) is 5.69 Å². The Morgan fingerprint density at radius 1 is 1.71 bits per heavy atom. The molecule has 0 aliphatic carbocycles. The number of carbonyl (C=O) groups excluding carboxylic acids is 1. The van der Waals surface area contributed by atoms with Crippen LogP contribution in [0.15, 0.2) is 12.1 Å². The lowest BCUT2D eigenvalue weighted by atomic mass is 10.3. The Kier molecular flexibility index (Phi) is 3.32. The first kappa shape index (κ1) is 10.4. The third-order valence-electron chi connectivity index (χ3n) is 1.37. The maximum atomic E-state index is 11.2. The predicted octanol–water partition coefficient (Wildman–Crippen LogP) is 1.11. The predicted molar refractivity (Wildman–Crippen MR) is 52.8 cm³/mol. The van der Waals surface area contributed by atoms with Gasteiger partial charge in [0.15, 0.2) is 11.8 Å². The molecule has 0 aliphatic heterocycles. The summed E-state index contributed by atoms with van der Waals surface area (Å²) >= 11 is 5.61. The average molecular weight is 211 g/mol. The van der Waals surface area contributed by atoms with Crippen LogP contribution in [0, 0.1) is 12.3 Å². The Morgan fingerprint density at radius 3 is 3.00 bits per heavy atom. The lowest BCUT2D eigenvalue weighted by Crippen LogP contribution is -2.08. The number of rotatable bonds is 2. The summed E-state index contributed by atoms with van der Waals surface area (Å²) in [4.78, 5) is 14.9. The van der Waals surface area contributed by atoms with E-state index in [0.717, 1.165) is 0 Å². The van der Waals surface area contributed by atoms with E-state index in [9.17, 15) is 4.79 Å². The first-order valence-electron chi connectivity index (χ1n) is 3.67. The zero-order valence-electron chi connectivity index (χ0n) is 7.16. The maximum absolute atomic E-state index is 11.2. The fourth-order valence-electron chi connectivity index (χ4n) is 0.740. The minimum Gasteiger partial charge on any atom is -0.448 e. The number of hydrogen-bond donors (Lipinski definition) is 1. The van der Waals surface area contributed by atoms with Crippen LogP contribution in [0.25, 0.3) is 0 Å². The van der Waals surface area contributed by atoms with Gasteiger partial charge in [0.05, 0.1) is 5.69 Å². The maximum Gasteiger partial charge on any atom is 0.357 e. The summed E-state index contributed by atoms with van der Waals surface area (Å²) in [6.07, 6.45) is 4.92. The third kappa shape index (κ3) is 2.38. The van der Waals surface area contributed by atoms with Gasteiger partial charge in [-0.2, -0.15) is 0 Å². The van der Waals surface area contributed by atoms with Crippen molar-refractivity contribution in [1.29, 1.82) is 0 Å².